The molecule has 3 rings (SSSR count). The van der Waals surface area contributed by atoms with Crippen LogP contribution >= 0.6 is 11.6 Å². The highest BCUT2D eigenvalue weighted by molar-refractivity contribution is 6.30. The standard InChI is InChI=1S/C21H23ClN6O3/c1-3-18(28-26-20(25-27-28)14-5-7-15(22)8-6-14)21(30)23-13-19(29)24-16-9-11-17(12-10-16)31-4-2/h5-12,18H,3-4,13H2,1-2H3,(H,23,30)(H,24,29). The van der Waals surface area contributed by atoms with E-state index in [4.69, 9.17) is 16.3 Å². The highest BCUT2D eigenvalue weighted by Gasteiger charge is 2.22. The SMILES string of the molecule is CCOc1ccc(NC(=O)CNC(=O)C(CC)n2nnc(-c3ccc(Cl)cc3)n2)cc1. The fourth-order valence-corrected chi connectivity index (χ4v) is 2.94. The van der Waals surface area contributed by atoms with Gasteiger partial charge in [0.05, 0.1) is 13.2 Å². The highest BCUT2D eigenvalue weighted by atomic mass is 35.5. The molecule has 0 fully saturated rings. The van der Waals surface area contributed by atoms with Crippen LogP contribution in [0.25, 0.3) is 11.4 Å². The minimum atomic E-state index is -0.688. The average molecular weight is 443 g/mol. The summed E-state index contributed by atoms with van der Waals surface area (Å²) in [6, 6.07) is 13.3. The molecule has 1 atom stereocenters. The molecule has 0 aliphatic carbocycles. The number of carbonyl (C=O) groups is 2. The fourth-order valence-electron chi connectivity index (χ4n) is 2.82. The van der Waals surface area contributed by atoms with Gasteiger partial charge >= 0.3 is 0 Å². The van der Waals surface area contributed by atoms with Crippen molar-refractivity contribution in [2.75, 3.05) is 18.5 Å². The summed E-state index contributed by atoms with van der Waals surface area (Å²) in [6.07, 6.45) is 0.433. The zero-order valence-electron chi connectivity index (χ0n) is 17.2. The third kappa shape index (κ3) is 6.02. The highest BCUT2D eigenvalue weighted by Crippen LogP contribution is 2.19. The van der Waals surface area contributed by atoms with Crippen molar-refractivity contribution in [2.45, 2.75) is 26.3 Å². The van der Waals surface area contributed by atoms with Crippen LogP contribution < -0.4 is 15.4 Å². The first-order valence-corrected chi connectivity index (χ1v) is 10.2. The minimum absolute atomic E-state index is 0.179. The van der Waals surface area contributed by atoms with Gasteiger partial charge in [0.25, 0.3) is 0 Å². The summed E-state index contributed by atoms with van der Waals surface area (Å²) in [6.45, 7) is 4.12. The van der Waals surface area contributed by atoms with Gasteiger partial charge in [-0.15, -0.1) is 10.2 Å². The van der Waals surface area contributed by atoms with Gasteiger partial charge in [-0.05, 0) is 67.1 Å². The summed E-state index contributed by atoms with van der Waals surface area (Å²) in [4.78, 5) is 26.0. The number of hydrogen-bond donors (Lipinski definition) is 2. The van der Waals surface area contributed by atoms with E-state index in [0.29, 0.717) is 29.6 Å². The molecule has 2 aromatic carbocycles. The second-order valence-electron chi connectivity index (χ2n) is 6.59. The normalized spacial score (nSPS) is 11.6. The average Bonchev–Trinajstić information content (AvgIpc) is 3.25. The van der Waals surface area contributed by atoms with Crippen LogP contribution in [0.15, 0.2) is 48.5 Å². The summed E-state index contributed by atoms with van der Waals surface area (Å²) < 4.78 is 5.37. The van der Waals surface area contributed by atoms with Gasteiger partial charge < -0.3 is 15.4 Å². The molecule has 0 saturated carbocycles. The van der Waals surface area contributed by atoms with Gasteiger partial charge in [-0.2, -0.15) is 4.80 Å². The second kappa shape index (κ2) is 10.5. The van der Waals surface area contributed by atoms with E-state index in [1.54, 1.807) is 48.5 Å². The molecule has 1 aromatic heterocycles. The predicted molar refractivity (Wildman–Crippen MR) is 117 cm³/mol. The van der Waals surface area contributed by atoms with Crippen LogP contribution in [0.4, 0.5) is 5.69 Å². The van der Waals surface area contributed by atoms with E-state index in [-0.39, 0.29) is 18.4 Å². The van der Waals surface area contributed by atoms with Crippen LogP contribution in [0, 0.1) is 0 Å². The number of amides is 2. The summed E-state index contributed by atoms with van der Waals surface area (Å²) in [5, 5.41) is 18.2. The molecule has 2 amide bonds. The third-order valence-corrected chi connectivity index (χ3v) is 4.62. The molecule has 0 saturated heterocycles. The predicted octanol–water partition coefficient (Wildman–Crippen LogP) is 3.10. The van der Waals surface area contributed by atoms with Crippen molar-refractivity contribution in [1.82, 2.24) is 25.5 Å². The van der Waals surface area contributed by atoms with Crippen molar-refractivity contribution in [2.24, 2.45) is 0 Å². The van der Waals surface area contributed by atoms with Gasteiger partial charge in [-0.1, -0.05) is 18.5 Å². The molecule has 0 bridgehead atoms. The summed E-state index contributed by atoms with van der Waals surface area (Å²) in [5.41, 5.74) is 1.35. The van der Waals surface area contributed by atoms with Gasteiger partial charge in [0.2, 0.25) is 17.6 Å². The lowest BCUT2D eigenvalue weighted by atomic mass is 10.2. The van der Waals surface area contributed by atoms with Crippen molar-refractivity contribution >= 4 is 29.1 Å². The van der Waals surface area contributed by atoms with E-state index >= 15 is 0 Å². The van der Waals surface area contributed by atoms with E-state index in [2.05, 4.69) is 26.0 Å². The lowest BCUT2D eigenvalue weighted by molar-refractivity contribution is -0.127. The Morgan fingerprint density at radius 2 is 1.81 bits per heavy atom. The number of halogens is 1. The van der Waals surface area contributed by atoms with Crippen LogP contribution in [-0.2, 0) is 9.59 Å². The van der Waals surface area contributed by atoms with Crippen LogP contribution in [-0.4, -0.2) is 45.2 Å². The van der Waals surface area contributed by atoms with Gasteiger partial charge in [0, 0.05) is 16.3 Å². The van der Waals surface area contributed by atoms with Gasteiger partial charge in [-0.25, -0.2) is 0 Å². The van der Waals surface area contributed by atoms with Gasteiger partial charge in [-0.3, -0.25) is 9.59 Å². The van der Waals surface area contributed by atoms with Crippen LogP contribution in [0.3, 0.4) is 0 Å². The molecule has 1 unspecified atom stereocenters. The zero-order valence-corrected chi connectivity index (χ0v) is 18.0. The molecule has 0 spiro atoms. The van der Waals surface area contributed by atoms with Crippen molar-refractivity contribution < 1.29 is 14.3 Å². The lowest BCUT2D eigenvalue weighted by Crippen LogP contribution is -2.38. The molecule has 0 aliphatic heterocycles. The summed E-state index contributed by atoms with van der Waals surface area (Å²) in [5.74, 6) is 0.388. The number of benzene rings is 2. The number of tetrazole rings is 1. The topological polar surface area (TPSA) is 111 Å². The molecular weight excluding hydrogens is 420 g/mol. The third-order valence-electron chi connectivity index (χ3n) is 4.37. The molecule has 3 aromatic rings. The molecular formula is C21H23ClN6O3. The maximum atomic E-state index is 12.6. The Labute approximate surface area is 184 Å². The van der Waals surface area contributed by atoms with E-state index in [1.165, 1.54) is 4.80 Å². The van der Waals surface area contributed by atoms with Crippen molar-refractivity contribution in [3.05, 3.63) is 53.6 Å². The van der Waals surface area contributed by atoms with E-state index in [9.17, 15) is 9.59 Å². The number of aromatic nitrogens is 4. The van der Waals surface area contributed by atoms with Crippen molar-refractivity contribution in [3.63, 3.8) is 0 Å². The van der Waals surface area contributed by atoms with Crippen LogP contribution in [0.5, 0.6) is 5.75 Å². The Balaban J connectivity index is 1.56. The summed E-state index contributed by atoms with van der Waals surface area (Å²) in [7, 11) is 0. The first-order chi connectivity index (χ1) is 15.0. The molecule has 0 radical (unpaired) electrons. The maximum absolute atomic E-state index is 12.6. The Bertz CT molecular complexity index is 1020. The monoisotopic (exact) mass is 442 g/mol. The number of anilines is 1. The number of nitrogens with zero attached hydrogens (tertiary/aromatic N) is 4. The molecule has 1 heterocycles. The van der Waals surface area contributed by atoms with Crippen molar-refractivity contribution in [3.8, 4) is 17.1 Å². The minimum Gasteiger partial charge on any atom is -0.494 e. The van der Waals surface area contributed by atoms with Crippen LogP contribution in [0.1, 0.15) is 26.3 Å². The van der Waals surface area contributed by atoms with Crippen LogP contribution in [0.2, 0.25) is 5.02 Å². The summed E-state index contributed by atoms with van der Waals surface area (Å²) >= 11 is 5.90. The molecule has 31 heavy (non-hydrogen) atoms. The number of nitrogens with one attached hydrogen (secondary N) is 2. The first kappa shape index (κ1) is 22.2. The molecule has 9 nitrogen and oxygen atoms in total. The number of carbonyl (C=O) groups excluding carboxylic acids is 2. The van der Waals surface area contributed by atoms with E-state index < -0.39 is 6.04 Å². The van der Waals surface area contributed by atoms with E-state index in [0.717, 1.165) is 11.3 Å². The van der Waals surface area contributed by atoms with E-state index in [1.807, 2.05) is 13.8 Å². The molecule has 162 valence electrons. The van der Waals surface area contributed by atoms with Gasteiger partial charge in [0.1, 0.15) is 5.75 Å². The number of rotatable bonds is 9. The largest absolute Gasteiger partial charge is 0.494 e. The Hall–Kier alpha value is -3.46. The Morgan fingerprint density at radius 1 is 1.10 bits per heavy atom. The Kier molecular flexibility index (Phi) is 7.55. The second-order valence-corrected chi connectivity index (χ2v) is 7.02. The lowest BCUT2D eigenvalue weighted by Gasteiger charge is -2.13. The smallest absolute Gasteiger partial charge is 0.247 e. The molecule has 2 N–H and O–H groups in total. The molecule has 0 aliphatic rings. The maximum Gasteiger partial charge on any atom is 0.247 e. The number of hydrogen-bond acceptors (Lipinski definition) is 6. The van der Waals surface area contributed by atoms with Gasteiger partial charge in [0.15, 0.2) is 6.04 Å². The molecule has 10 heteroatoms. The zero-order chi connectivity index (χ0) is 22.2. The first-order valence-electron chi connectivity index (χ1n) is 9.86. The fraction of sp³-hybridized carbons (Fsp3) is 0.286. The Morgan fingerprint density at radius 3 is 2.45 bits per heavy atom. The van der Waals surface area contributed by atoms with Crippen molar-refractivity contribution in [1.29, 1.82) is 0 Å². The number of ether oxygens (including phenoxy) is 1. The quantitative estimate of drug-likeness (QED) is 0.526.